The van der Waals surface area contributed by atoms with Crippen LogP contribution in [0.3, 0.4) is 0 Å². The van der Waals surface area contributed by atoms with Gasteiger partial charge in [-0.15, -0.1) is 0 Å². The Morgan fingerprint density at radius 1 is 1.44 bits per heavy atom. The second kappa shape index (κ2) is 5.50. The van der Waals surface area contributed by atoms with Crippen LogP contribution in [0, 0.1) is 0 Å². The molecule has 3 nitrogen and oxygen atoms in total. The number of nitrogens with zero attached hydrogens (tertiary/aromatic N) is 1. The van der Waals surface area contributed by atoms with E-state index in [1.807, 2.05) is 24.3 Å². The molecule has 5 heteroatoms. The minimum Gasteiger partial charge on any atom is -0.301 e. The van der Waals surface area contributed by atoms with Crippen molar-refractivity contribution in [2.45, 2.75) is 5.33 Å². The summed E-state index contributed by atoms with van der Waals surface area (Å²) in [4.78, 5) is 16.0. The van der Waals surface area contributed by atoms with Crippen LogP contribution in [0.15, 0.2) is 29.3 Å². The number of amidine groups is 1. The zero-order valence-corrected chi connectivity index (χ0v) is 11.0. The molecule has 0 atom stereocenters. The van der Waals surface area contributed by atoms with Crippen LogP contribution in [0.5, 0.6) is 0 Å². The van der Waals surface area contributed by atoms with Crippen molar-refractivity contribution in [3.05, 3.63) is 35.4 Å². The van der Waals surface area contributed by atoms with E-state index < -0.39 is 0 Å². The Morgan fingerprint density at radius 3 is 2.75 bits per heavy atom. The first kappa shape index (κ1) is 11.7. The maximum absolute atomic E-state index is 11.8. The number of benzene rings is 1. The van der Waals surface area contributed by atoms with Gasteiger partial charge in [0.25, 0.3) is 5.91 Å². The number of alkyl halides is 1. The highest BCUT2D eigenvalue weighted by molar-refractivity contribution is 9.08. The Labute approximate surface area is 107 Å². The van der Waals surface area contributed by atoms with Crippen LogP contribution in [0.1, 0.15) is 15.9 Å². The lowest BCUT2D eigenvalue weighted by Crippen LogP contribution is -2.27. The molecule has 0 saturated carbocycles. The molecule has 1 heterocycles. The zero-order chi connectivity index (χ0) is 11.4. The predicted molar refractivity (Wildman–Crippen MR) is 71.3 cm³/mol. The maximum atomic E-state index is 11.8. The second-order valence-corrected chi connectivity index (χ2v) is 4.96. The van der Waals surface area contributed by atoms with Crippen molar-refractivity contribution in [2.24, 2.45) is 4.99 Å². The molecule has 16 heavy (non-hydrogen) atoms. The van der Waals surface area contributed by atoms with Crippen molar-refractivity contribution in [3.8, 4) is 0 Å². The molecule has 0 unspecified atom stereocenters. The first-order valence-corrected chi connectivity index (χ1v) is 7.04. The Hall–Kier alpha value is -0.810. The highest BCUT2D eigenvalue weighted by atomic mass is 79.9. The molecule has 0 spiro atoms. The normalized spacial score (nSPS) is 14.7. The molecule has 1 N–H and O–H groups in total. The Balaban J connectivity index is 2.02. The van der Waals surface area contributed by atoms with Gasteiger partial charge in [-0.25, -0.2) is 0 Å². The van der Waals surface area contributed by atoms with Crippen molar-refractivity contribution >= 4 is 38.8 Å². The Morgan fingerprint density at radius 2 is 2.19 bits per heavy atom. The minimum atomic E-state index is -0.0886. The predicted octanol–water partition coefficient (Wildman–Crippen LogP) is 2.41. The molecule has 84 valence electrons. The van der Waals surface area contributed by atoms with Crippen LogP contribution in [0.4, 0.5) is 0 Å². The summed E-state index contributed by atoms with van der Waals surface area (Å²) in [6.45, 7) is 0.794. The first-order valence-electron chi connectivity index (χ1n) is 4.93. The molecule has 1 aliphatic heterocycles. The van der Waals surface area contributed by atoms with Gasteiger partial charge in [-0.2, -0.15) is 0 Å². The van der Waals surface area contributed by atoms with Crippen molar-refractivity contribution in [2.75, 3.05) is 12.3 Å². The number of amides is 1. The van der Waals surface area contributed by atoms with Crippen molar-refractivity contribution in [1.29, 1.82) is 0 Å². The summed E-state index contributed by atoms with van der Waals surface area (Å²) >= 11 is 4.95. The van der Waals surface area contributed by atoms with E-state index in [1.54, 1.807) is 11.8 Å². The van der Waals surface area contributed by atoms with Gasteiger partial charge in [0.2, 0.25) is 0 Å². The van der Waals surface area contributed by atoms with E-state index in [9.17, 15) is 4.79 Å². The van der Waals surface area contributed by atoms with E-state index in [4.69, 9.17) is 0 Å². The summed E-state index contributed by atoms with van der Waals surface area (Å²) < 4.78 is 0. The fraction of sp³-hybridized carbons (Fsp3) is 0.273. The molecular formula is C11H11BrN2OS. The number of carbonyl (C=O) groups is 1. The van der Waals surface area contributed by atoms with Gasteiger partial charge in [0.15, 0.2) is 5.17 Å². The van der Waals surface area contributed by atoms with Crippen LogP contribution < -0.4 is 5.32 Å². The average Bonchev–Trinajstić information content (AvgIpc) is 2.82. The lowest BCUT2D eigenvalue weighted by molar-refractivity contribution is 0.0978. The molecule has 0 aliphatic carbocycles. The number of hydrogen-bond donors (Lipinski definition) is 1. The van der Waals surface area contributed by atoms with E-state index in [-0.39, 0.29) is 5.91 Å². The Kier molecular flexibility index (Phi) is 4.01. The minimum absolute atomic E-state index is 0.0886. The van der Waals surface area contributed by atoms with Crippen molar-refractivity contribution in [1.82, 2.24) is 5.32 Å². The molecule has 0 fully saturated rings. The number of carbonyl (C=O) groups excluding carboxylic acids is 1. The molecule has 0 radical (unpaired) electrons. The number of aliphatic imine (C=N–C) groups is 1. The smallest absolute Gasteiger partial charge is 0.257 e. The van der Waals surface area contributed by atoms with Gasteiger partial charge in [-0.3, -0.25) is 9.79 Å². The largest absolute Gasteiger partial charge is 0.301 e. The van der Waals surface area contributed by atoms with Crippen molar-refractivity contribution in [3.63, 3.8) is 0 Å². The van der Waals surface area contributed by atoms with Gasteiger partial charge in [0.05, 0.1) is 6.54 Å². The first-order chi connectivity index (χ1) is 7.79. The lowest BCUT2D eigenvalue weighted by Gasteiger charge is -2.04. The van der Waals surface area contributed by atoms with E-state index in [2.05, 4.69) is 26.2 Å². The quantitative estimate of drug-likeness (QED) is 0.852. The van der Waals surface area contributed by atoms with Crippen LogP contribution in [0.2, 0.25) is 0 Å². The molecular weight excluding hydrogens is 288 g/mol. The highest BCUT2D eigenvalue weighted by Crippen LogP contribution is 2.11. The number of halogens is 1. The third-order valence-corrected chi connectivity index (χ3v) is 3.72. The van der Waals surface area contributed by atoms with Gasteiger partial charge in [-0.05, 0) is 17.7 Å². The summed E-state index contributed by atoms with van der Waals surface area (Å²) in [6, 6.07) is 7.53. The molecule has 1 aromatic carbocycles. The monoisotopic (exact) mass is 298 g/mol. The van der Waals surface area contributed by atoms with Crippen LogP contribution in [-0.4, -0.2) is 23.4 Å². The molecule has 1 amide bonds. The number of rotatable bonds is 2. The number of hydrogen-bond acceptors (Lipinski definition) is 3. The summed E-state index contributed by atoms with van der Waals surface area (Å²) in [7, 11) is 0. The fourth-order valence-corrected chi connectivity index (χ4v) is 2.42. The van der Waals surface area contributed by atoms with Crippen LogP contribution >= 0.6 is 27.7 Å². The SMILES string of the molecule is O=C(NC1=NCCS1)c1ccc(CBr)cc1. The van der Waals surface area contributed by atoms with Gasteiger partial charge in [0.1, 0.15) is 0 Å². The topological polar surface area (TPSA) is 41.5 Å². The Bertz CT molecular complexity index is 416. The third-order valence-electron chi connectivity index (χ3n) is 2.18. The molecule has 0 saturated heterocycles. The summed E-state index contributed by atoms with van der Waals surface area (Å²) in [6.07, 6.45) is 0. The van der Waals surface area contributed by atoms with Crippen LogP contribution in [0.25, 0.3) is 0 Å². The molecule has 2 rings (SSSR count). The van der Waals surface area contributed by atoms with E-state index >= 15 is 0 Å². The van der Waals surface area contributed by atoms with Gasteiger partial charge in [0, 0.05) is 16.6 Å². The number of thioether (sulfide) groups is 1. The van der Waals surface area contributed by atoms with Gasteiger partial charge in [-0.1, -0.05) is 39.8 Å². The summed E-state index contributed by atoms with van der Waals surface area (Å²) in [5, 5.41) is 4.33. The maximum Gasteiger partial charge on any atom is 0.257 e. The van der Waals surface area contributed by atoms with Crippen molar-refractivity contribution < 1.29 is 4.79 Å². The molecule has 1 aliphatic rings. The van der Waals surface area contributed by atoms with E-state index in [1.165, 1.54) is 0 Å². The summed E-state index contributed by atoms with van der Waals surface area (Å²) in [5.41, 5.74) is 1.82. The second-order valence-electron chi connectivity index (χ2n) is 3.32. The number of nitrogens with one attached hydrogen (secondary N) is 1. The molecule has 1 aromatic rings. The molecule has 0 bridgehead atoms. The average molecular weight is 299 g/mol. The molecule has 0 aromatic heterocycles. The zero-order valence-electron chi connectivity index (χ0n) is 8.57. The lowest BCUT2D eigenvalue weighted by atomic mass is 10.1. The third kappa shape index (κ3) is 2.86. The highest BCUT2D eigenvalue weighted by Gasteiger charge is 2.12. The van der Waals surface area contributed by atoms with E-state index in [0.717, 1.165) is 28.4 Å². The fourth-order valence-electron chi connectivity index (χ4n) is 1.33. The van der Waals surface area contributed by atoms with Crippen LogP contribution in [-0.2, 0) is 5.33 Å². The van der Waals surface area contributed by atoms with E-state index in [0.29, 0.717) is 5.56 Å². The standard InChI is InChI=1S/C11H11BrN2OS/c12-7-8-1-3-9(4-2-8)10(15)14-11-13-5-6-16-11/h1-4H,5-7H2,(H,13,14,15). The summed E-state index contributed by atoms with van der Waals surface area (Å²) in [5.74, 6) is 0.868. The van der Waals surface area contributed by atoms with Gasteiger partial charge >= 0.3 is 0 Å². The van der Waals surface area contributed by atoms with Gasteiger partial charge < -0.3 is 5.32 Å².